The first-order valence-corrected chi connectivity index (χ1v) is 9.32. The SMILES string of the molecule is O=C(CCc1cccc(Cl)c1)N1CCCC(C(=O)N2CCCC2)C1. The van der Waals surface area contributed by atoms with E-state index in [4.69, 9.17) is 11.6 Å². The van der Waals surface area contributed by atoms with Gasteiger partial charge in [0, 0.05) is 37.6 Å². The maximum atomic E-state index is 12.6. The fraction of sp³-hybridized carbons (Fsp3) is 0.579. The Morgan fingerprint density at radius 3 is 2.58 bits per heavy atom. The number of likely N-dealkylation sites (tertiary alicyclic amines) is 2. The van der Waals surface area contributed by atoms with Crippen LogP contribution in [0.25, 0.3) is 0 Å². The number of rotatable bonds is 4. The van der Waals surface area contributed by atoms with Crippen LogP contribution in [0.15, 0.2) is 24.3 Å². The Labute approximate surface area is 148 Å². The minimum absolute atomic E-state index is 0.00744. The highest BCUT2D eigenvalue weighted by atomic mass is 35.5. The summed E-state index contributed by atoms with van der Waals surface area (Å²) in [7, 11) is 0. The van der Waals surface area contributed by atoms with Crippen LogP contribution in [0.4, 0.5) is 0 Å². The highest BCUT2D eigenvalue weighted by Crippen LogP contribution is 2.22. The van der Waals surface area contributed by atoms with Crippen molar-refractivity contribution < 1.29 is 9.59 Å². The number of carbonyl (C=O) groups excluding carboxylic acids is 2. The molecule has 24 heavy (non-hydrogen) atoms. The minimum atomic E-state index is -0.00744. The zero-order valence-electron chi connectivity index (χ0n) is 14.0. The average Bonchev–Trinajstić information content (AvgIpc) is 3.14. The Morgan fingerprint density at radius 2 is 1.83 bits per heavy atom. The third-order valence-electron chi connectivity index (χ3n) is 5.06. The summed E-state index contributed by atoms with van der Waals surface area (Å²) in [5, 5.41) is 0.703. The lowest BCUT2D eigenvalue weighted by molar-refractivity contribution is -0.140. The molecular formula is C19H25ClN2O2. The first-order valence-electron chi connectivity index (χ1n) is 8.94. The van der Waals surface area contributed by atoms with Gasteiger partial charge in [0.1, 0.15) is 0 Å². The molecule has 130 valence electrons. The van der Waals surface area contributed by atoms with Crippen LogP contribution in [0.1, 0.15) is 37.7 Å². The molecule has 0 aromatic heterocycles. The van der Waals surface area contributed by atoms with Gasteiger partial charge in [0.2, 0.25) is 11.8 Å². The van der Waals surface area contributed by atoms with Crippen molar-refractivity contribution in [3.8, 4) is 0 Å². The molecule has 2 amide bonds. The zero-order chi connectivity index (χ0) is 16.9. The van der Waals surface area contributed by atoms with Crippen molar-refractivity contribution in [2.75, 3.05) is 26.2 Å². The summed E-state index contributed by atoms with van der Waals surface area (Å²) in [6, 6.07) is 7.65. The first-order chi connectivity index (χ1) is 11.6. The van der Waals surface area contributed by atoms with Gasteiger partial charge in [-0.15, -0.1) is 0 Å². The summed E-state index contributed by atoms with van der Waals surface area (Å²) >= 11 is 5.99. The summed E-state index contributed by atoms with van der Waals surface area (Å²) in [4.78, 5) is 28.9. The van der Waals surface area contributed by atoms with E-state index in [-0.39, 0.29) is 17.7 Å². The highest BCUT2D eigenvalue weighted by Gasteiger charge is 2.31. The van der Waals surface area contributed by atoms with Crippen molar-refractivity contribution in [2.24, 2.45) is 5.92 Å². The molecule has 2 saturated heterocycles. The molecule has 1 unspecified atom stereocenters. The third-order valence-corrected chi connectivity index (χ3v) is 5.29. The Bertz CT molecular complexity index is 599. The van der Waals surface area contributed by atoms with Gasteiger partial charge >= 0.3 is 0 Å². The van der Waals surface area contributed by atoms with Crippen molar-refractivity contribution >= 4 is 23.4 Å². The van der Waals surface area contributed by atoms with Gasteiger partial charge in [-0.25, -0.2) is 0 Å². The molecule has 0 N–H and O–H groups in total. The number of hydrogen-bond acceptors (Lipinski definition) is 2. The van der Waals surface area contributed by atoms with Crippen molar-refractivity contribution in [3.63, 3.8) is 0 Å². The Hall–Kier alpha value is -1.55. The second-order valence-electron chi connectivity index (χ2n) is 6.84. The number of piperidine rings is 1. The van der Waals surface area contributed by atoms with Crippen LogP contribution in [0, 0.1) is 5.92 Å². The lowest BCUT2D eigenvalue weighted by atomic mass is 9.96. The van der Waals surface area contributed by atoms with E-state index in [9.17, 15) is 9.59 Å². The van der Waals surface area contributed by atoms with Crippen LogP contribution in [0.2, 0.25) is 5.02 Å². The molecule has 1 aromatic carbocycles. The van der Waals surface area contributed by atoms with E-state index in [0.29, 0.717) is 24.4 Å². The van der Waals surface area contributed by atoms with Gasteiger partial charge in [-0.3, -0.25) is 9.59 Å². The Morgan fingerprint density at radius 1 is 1.08 bits per heavy atom. The van der Waals surface area contributed by atoms with Crippen molar-refractivity contribution in [3.05, 3.63) is 34.9 Å². The van der Waals surface area contributed by atoms with E-state index in [1.165, 1.54) is 0 Å². The van der Waals surface area contributed by atoms with E-state index in [0.717, 1.165) is 50.9 Å². The Kier molecular flexibility index (Phi) is 5.77. The molecule has 0 spiro atoms. The van der Waals surface area contributed by atoms with E-state index >= 15 is 0 Å². The third kappa shape index (κ3) is 4.29. The molecule has 0 saturated carbocycles. The zero-order valence-corrected chi connectivity index (χ0v) is 14.8. The number of amides is 2. The molecule has 0 radical (unpaired) electrons. The van der Waals surface area contributed by atoms with Crippen LogP contribution in [0.5, 0.6) is 0 Å². The minimum Gasteiger partial charge on any atom is -0.342 e. The van der Waals surface area contributed by atoms with Gasteiger partial charge in [-0.1, -0.05) is 23.7 Å². The van der Waals surface area contributed by atoms with E-state index in [1.807, 2.05) is 34.1 Å². The van der Waals surface area contributed by atoms with Crippen molar-refractivity contribution in [1.82, 2.24) is 9.80 Å². The molecule has 5 heteroatoms. The highest BCUT2D eigenvalue weighted by molar-refractivity contribution is 6.30. The molecule has 2 fully saturated rings. The van der Waals surface area contributed by atoms with Crippen LogP contribution in [-0.4, -0.2) is 47.8 Å². The van der Waals surface area contributed by atoms with Crippen LogP contribution in [0.3, 0.4) is 0 Å². The van der Waals surface area contributed by atoms with Gasteiger partial charge in [-0.2, -0.15) is 0 Å². The number of nitrogens with zero attached hydrogens (tertiary/aromatic N) is 2. The van der Waals surface area contributed by atoms with E-state index < -0.39 is 0 Å². The molecule has 2 aliphatic rings. The summed E-state index contributed by atoms with van der Waals surface area (Å²) in [5.74, 6) is 0.390. The van der Waals surface area contributed by atoms with Gasteiger partial charge in [0.05, 0.1) is 5.92 Å². The second-order valence-corrected chi connectivity index (χ2v) is 7.28. The number of hydrogen-bond donors (Lipinski definition) is 0. The maximum absolute atomic E-state index is 12.6. The monoisotopic (exact) mass is 348 g/mol. The number of carbonyl (C=O) groups is 2. The predicted octanol–water partition coefficient (Wildman–Crippen LogP) is 3.13. The molecule has 0 aliphatic carbocycles. The number of halogens is 1. The van der Waals surface area contributed by atoms with Gasteiger partial charge in [0.15, 0.2) is 0 Å². The summed E-state index contributed by atoms with van der Waals surface area (Å²) in [6.45, 7) is 3.14. The number of aryl methyl sites for hydroxylation is 1. The molecule has 2 aliphatic heterocycles. The van der Waals surface area contributed by atoms with Crippen LogP contribution in [-0.2, 0) is 16.0 Å². The number of benzene rings is 1. The topological polar surface area (TPSA) is 40.6 Å². The predicted molar refractivity (Wildman–Crippen MR) is 94.9 cm³/mol. The molecule has 0 bridgehead atoms. The standard InChI is InChI=1S/C19H25ClN2O2/c20-17-7-3-5-15(13-17)8-9-18(23)22-12-4-6-16(14-22)19(24)21-10-1-2-11-21/h3,5,7,13,16H,1-2,4,6,8-12,14H2. The average molecular weight is 349 g/mol. The molecule has 4 nitrogen and oxygen atoms in total. The fourth-order valence-electron chi connectivity index (χ4n) is 3.70. The maximum Gasteiger partial charge on any atom is 0.227 e. The van der Waals surface area contributed by atoms with Gasteiger partial charge in [-0.05, 0) is 49.8 Å². The molecule has 1 atom stereocenters. The second kappa shape index (κ2) is 8.02. The first kappa shape index (κ1) is 17.3. The van der Waals surface area contributed by atoms with Crippen LogP contribution >= 0.6 is 11.6 Å². The lowest BCUT2D eigenvalue weighted by Crippen LogP contribution is -2.46. The van der Waals surface area contributed by atoms with E-state index in [2.05, 4.69) is 0 Å². The fourth-order valence-corrected chi connectivity index (χ4v) is 3.92. The largest absolute Gasteiger partial charge is 0.342 e. The summed E-state index contributed by atoms with van der Waals surface area (Å²) < 4.78 is 0. The molecule has 2 heterocycles. The molecule has 3 rings (SSSR count). The van der Waals surface area contributed by atoms with Crippen LogP contribution < -0.4 is 0 Å². The van der Waals surface area contributed by atoms with Gasteiger partial charge < -0.3 is 9.80 Å². The summed E-state index contributed by atoms with van der Waals surface area (Å²) in [6.07, 6.45) is 5.23. The quantitative estimate of drug-likeness (QED) is 0.838. The van der Waals surface area contributed by atoms with E-state index in [1.54, 1.807) is 0 Å². The molecule has 1 aromatic rings. The lowest BCUT2D eigenvalue weighted by Gasteiger charge is -2.34. The Balaban J connectivity index is 1.52. The normalized spacial score (nSPS) is 21.1. The smallest absolute Gasteiger partial charge is 0.227 e. The summed E-state index contributed by atoms with van der Waals surface area (Å²) in [5.41, 5.74) is 1.08. The van der Waals surface area contributed by atoms with Gasteiger partial charge in [0.25, 0.3) is 0 Å². The van der Waals surface area contributed by atoms with Crippen molar-refractivity contribution in [1.29, 1.82) is 0 Å². The van der Waals surface area contributed by atoms with Crippen molar-refractivity contribution in [2.45, 2.75) is 38.5 Å². The molecular weight excluding hydrogens is 324 g/mol.